The molecule has 0 amide bonds. The molecule has 0 radical (unpaired) electrons. The summed E-state index contributed by atoms with van der Waals surface area (Å²) in [5.41, 5.74) is 5.87. The maximum atomic E-state index is 12.2. The van der Waals surface area contributed by atoms with Gasteiger partial charge in [0.2, 0.25) is 0 Å². The summed E-state index contributed by atoms with van der Waals surface area (Å²) >= 11 is 7.35. The molecule has 1 aromatic carbocycles. The van der Waals surface area contributed by atoms with Crippen LogP contribution >= 0.6 is 43.4 Å². The number of halogens is 2. The fourth-order valence-electron chi connectivity index (χ4n) is 1.26. The molecule has 0 unspecified atom stereocenters. The van der Waals surface area contributed by atoms with Crippen LogP contribution in [-0.2, 0) is 10.0 Å². The van der Waals surface area contributed by atoms with Crippen LogP contribution in [0.4, 0.5) is 10.7 Å². The number of nitrogens with one attached hydrogen (secondary N) is 1. The van der Waals surface area contributed by atoms with Gasteiger partial charge in [0.15, 0.2) is 0 Å². The third kappa shape index (κ3) is 2.82. The van der Waals surface area contributed by atoms with Crippen LogP contribution in [0.3, 0.4) is 0 Å². The molecule has 0 bridgehead atoms. The number of nitrogen functional groups attached to an aromatic ring is 1. The van der Waals surface area contributed by atoms with Gasteiger partial charge in [0.05, 0.1) is 11.9 Å². The van der Waals surface area contributed by atoms with E-state index in [0.29, 0.717) is 13.9 Å². The van der Waals surface area contributed by atoms with Crippen molar-refractivity contribution >= 4 is 64.1 Å². The minimum absolute atomic E-state index is 0.0147. The highest BCUT2D eigenvalue weighted by atomic mass is 79.9. The van der Waals surface area contributed by atoms with Gasteiger partial charge in [-0.15, -0.1) is 5.10 Å². The van der Waals surface area contributed by atoms with E-state index in [1.807, 2.05) is 0 Å². The van der Waals surface area contributed by atoms with E-state index in [1.54, 1.807) is 6.07 Å². The summed E-state index contributed by atoms with van der Waals surface area (Å²) in [6.45, 7) is 0. The molecule has 0 fully saturated rings. The third-order valence-corrected chi connectivity index (χ3v) is 5.44. The van der Waals surface area contributed by atoms with Crippen LogP contribution in [-0.4, -0.2) is 18.0 Å². The Kier molecular flexibility index (Phi) is 3.90. The van der Waals surface area contributed by atoms with Crippen LogP contribution < -0.4 is 10.5 Å². The average molecular weight is 414 g/mol. The quantitative estimate of drug-likeness (QED) is 0.753. The molecule has 0 saturated heterocycles. The summed E-state index contributed by atoms with van der Waals surface area (Å²) < 4.78 is 31.3. The fourth-order valence-corrected chi connectivity index (χ4v) is 5.02. The Balaban J connectivity index is 2.48. The van der Waals surface area contributed by atoms with E-state index < -0.39 is 10.0 Å². The summed E-state index contributed by atoms with van der Waals surface area (Å²) in [4.78, 5) is -0.0147. The van der Waals surface area contributed by atoms with E-state index in [9.17, 15) is 8.42 Å². The second kappa shape index (κ2) is 5.11. The van der Waals surface area contributed by atoms with Crippen molar-refractivity contribution in [1.82, 2.24) is 9.59 Å². The molecule has 1 aromatic heterocycles. The number of rotatable bonds is 3. The zero-order chi connectivity index (χ0) is 13.3. The van der Waals surface area contributed by atoms with Gasteiger partial charge in [0.1, 0.15) is 9.90 Å². The second-order valence-corrected chi connectivity index (χ2v) is 7.37. The van der Waals surface area contributed by atoms with Gasteiger partial charge in [-0.1, -0.05) is 20.4 Å². The fraction of sp³-hybridized carbons (Fsp3) is 0. The lowest BCUT2D eigenvalue weighted by Crippen LogP contribution is -2.14. The Labute approximate surface area is 124 Å². The lowest BCUT2D eigenvalue weighted by molar-refractivity contribution is 0.601. The average Bonchev–Trinajstić information content (AvgIpc) is 2.66. The smallest absolute Gasteiger partial charge is 0.265 e. The van der Waals surface area contributed by atoms with Gasteiger partial charge in [0.25, 0.3) is 10.0 Å². The van der Waals surface area contributed by atoms with E-state index in [1.165, 1.54) is 12.3 Å². The predicted octanol–water partition coefficient (Wildman–Crippen LogP) is 2.45. The maximum absolute atomic E-state index is 12.2. The number of hydrogen-bond acceptors (Lipinski definition) is 6. The molecular weight excluding hydrogens is 408 g/mol. The molecular formula is C8H6Br2N4O2S2. The zero-order valence-corrected chi connectivity index (χ0v) is 13.4. The Morgan fingerprint density at radius 2 is 2.06 bits per heavy atom. The molecule has 2 rings (SSSR count). The molecule has 0 saturated carbocycles. The van der Waals surface area contributed by atoms with Crippen molar-refractivity contribution in [3.05, 3.63) is 27.3 Å². The molecule has 0 spiro atoms. The first kappa shape index (κ1) is 13.7. The van der Waals surface area contributed by atoms with E-state index in [-0.39, 0.29) is 10.6 Å². The molecule has 3 N–H and O–H groups in total. The van der Waals surface area contributed by atoms with Gasteiger partial charge in [-0.05, 0) is 28.1 Å². The SMILES string of the molecule is Nc1cc(Br)cc(Br)c1S(=O)(=O)Nc1cnns1. The summed E-state index contributed by atoms with van der Waals surface area (Å²) in [5.74, 6) is 0. The summed E-state index contributed by atoms with van der Waals surface area (Å²) in [6, 6.07) is 3.13. The molecule has 0 aliphatic heterocycles. The highest BCUT2D eigenvalue weighted by Gasteiger charge is 2.22. The molecule has 0 atom stereocenters. The van der Waals surface area contributed by atoms with E-state index >= 15 is 0 Å². The van der Waals surface area contributed by atoms with Gasteiger partial charge >= 0.3 is 0 Å². The number of hydrogen-bond donors (Lipinski definition) is 2. The van der Waals surface area contributed by atoms with Crippen molar-refractivity contribution in [2.75, 3.05) is 10.5 Å². The van der Waals surface area contributed by atoms with Crippen molar-refractivity contribution in [3.8, 4) is 0 Å². The monoisotopic (exact) mass is 412 g/mol. The highest BCUT2D eigenvalue weighted by Crippen LogP contribution is 2.32. The van der Waals surface area contributed by atoms with E-state index in [2.05, 4.69) is 46.2 Å². The van der Waals surface area contributed by atoms with Gasteiger partial charge in [-0.25, -0.2) is 8.42 Å². The number of nitrogens with zero attached hydrogens (tertiary/aromatic N) is 2. The first-order chi connectivity index (χ1) is 8.40. The van der Waals surface area contributed by atoms with Crippen molar-refractivity contribution < 1.29 is 8.42 Å². The first-order valence-corrected chi connectivity index (χ1v) is 8.29. The minimum Gasteiger partial charge on any atom is -0.398 e. The topological polar surface area (TPSA) is 98.0 Å². The molecule has 96 valence electrons. The summed E-state index contributed by atoms with van der Waals surface area (Å²) in [7, 11) is -3.77. The minimum atomic E-state index is -3.77. The molecule has 0 aliphatic carbocycles. The number of aromatic nitrogens is 2. The first-order valence-electron chi connectivity index (χ1n) is 4.45. The molecule has 18 heavy (non-hydrogen) atoms. The highest BCUT2D eigenvalue weighted by molar-refractivity contribution is 9.11. The van der Waals surface area contributed by atoms with Crippen molar-refractivity contribution in [2.45, 2.75) is 4.90 Å². The largest absolute Gasteiger partial charge is 0.398 e. The number of benzene rings is 1. The van der Waals surface area contributed by atoms with Gasteiger partial charge in [-0.3, -0.25) is 4.72 Å². The van der Waals surface area contributed by atoms with E-state index in [4.69, 9.17) is 5.73 Å². The lowest BCUT2D eigenvalue weighted by atomic mass is 10.3. The predicted molar refractivity (Wildman–Crippen MR) is 77.0 cm³/mol. The van der Waals surface area contributed by atoms with E-state index in [0.717, 1.165) is 11.5 Å². The lowest BCUT2D eigenvalue weighted by Gasteiger charge is -2.10. The number of anilines is 2. The van der Waals surface area contributed by atoms with Gasteiger partial charge in [0, 0.05) is 20.5 Å². The van der Waals surface area contributed by atoms with Crippen LogP contribution in [0, 0.1) is 0 Å². The molecule has 6 nitrogen and oxygen atoms in total. The normalized spacial score (nSPS) is 11.4. The summed E-state index contributed by atoms with van der Waals surface area (Å²) in [6.07, 6.45) is 1.32. The van der Waals surface area contributed by atoms with Crippen molar-refractivity contribution in [1.29, 1.82) is 0 Å². The standard InChI is InChI=1S/C8H6Br2N4O2S2/c9-4-1-5(10)8(6(11)2-4)18(15,16)13-7-3-12-14-17-7/h1-3,13H,11H2. The van der Waals surface area contributed by atoms with Crippen molar-refractivity contribution in [3.63, 3.8) is 0 Å². The van der Waals surface area contributed by atoms with Crippen LogP contribution in [0.25, 0.3) is 0 Å². The van der Waals surface area contributed by atoms with Crippen molar-refractivity contribution in [2.24, 2.45) is 0 Å². The van der Waals surface area contributed by atoms with Crippen LogP contribution in [0.15, 0.2) is 32.2 Å². The number of nitrogens with two attached hydrogens (primary N) is 1. The molecule has 0 aliphatic rings. The molecule has 2 aromatic rings. The Morgan fingerprint density at radius 1 is 1.33 bits per heavy atom. The Morgan fingerprint density at radius 3 is 2.61 bits per heavy atom. The van der Waals surface area contributed by atoms with Crippen LogP contribution in [0.5, 0.6) is 0 Å². The second-order valence-electron chi connectivity index (χ2n) is 3.19. The zero-order valence-electron chi connectivity index (χ0n) is 8.59. The summed E-state index contributed by atoms with van der Waals surface area (Å²) in [5, 5.41) is 3.87. The molecule has 1 heterocycles. The van der Waals surface area contributed by atoms with Crippen LogP contribution in [0.1, 0.15) is 0 Å². The number of sulfonamides is 1. The van der Waals surface area contributed by atoms with Gasteiger partial charge in [-0.2, -0.15) is 0 Å². The Bertz CT molecular complexity index is 649. The molecule has 10 heteroatoms. The van der Waals surface area contributed by atoms with Crippen LogP contribution in [0.2, 0.25) is 0 Å². The third-order valence-electron chi connectivity index (χ3n) is 1.90. The van der Waals surface area contributed by atoms with Gasteiger partial charge < -0.3 is 5.73 Å². The Hall–Kier alpha value is -0.710. The maximum Gasteiger partial charge on any atom is 0.265 e.